The predicted molar refractivity (Wildman–Crippen MR) is 96.5 cm³/mol. The van der Waals surface area contributed by atoms with Crippen LogP contribution in [0, 0.1) is 5.92 Å². The quantitative estimate of drug-likeness (QED) is 0.404. The van der Waals surface area contributed by atoms with Gasteiger partial charge in [-0.25, -0.2) is 0 Å². The molecule has 2 heteroatoms. The van der Waals surface area contributed by atoms with E-state index in [1.54, 1.807) is 0 Å². The van der Waals surface area contributed by atoms with E-state index in [2.05, 4.69) is 19.9 Å². The van der Waals surface area contributed by atoms with Crippen LogP contribution < -0.4 is 4.74 Å². The van der Waals surface area contributed by atoms with Crippen molar-refractivity contribution in [2.75, 3.05) is 6.61 Å². The van der Waals surface area contributed by atoms with Crippen LogP contribution >= 0.6 is 0 Å². The molecule has 1 aliphatic rings. The molecule has 1 aromatic carbocycles. The highest BCUT2D eigenvalue weighted by Gasteiger charge is 2.25. The lowest BCUT2D eigenvalue weighted by Crippen LogP contribution is -2.15. The molecule has 0 bridgehead atoms. The second-order valence-corrected chi connectivity index (χ2v) is 6.95. The van der Waals surface area contributed by atoms with Gasteiger partial charge in [-0.3, -0.25) is 4.79 Å². The zero-order chi connectivity index (χ0) is 16.5. The molecule has 1 fully saturated rings. The van der Waals surface area contributed by atoms with Crippen molar-refractivity contribution >= 4 is 6.29 Å². The van der Waals surface area contributed by atoms with E-state index in [0.29, 0.717) is 18.1 Å². The summed E-state index contributed by atoms with van der Waals surface area (Å²) in [7, 11) is 0. The molecule has 0 heterocycles. The SMILES string of the molecule is CCCCCC1CCC(c2cccc(C=O)c2OCCC)CC1. The number of carbonyl (C=O) groups is 1. The summed E-state index contributed by atoms with van der Waals surface area (Å²) in [6, 6.07) is 6.04. The molecule has 0 spiro atoms. The van der Waals surface area contributed by atoms with Crippen molar-refractivity contribution < 1.29 is 9.53 Å². The van der Waals surface area contributed by atoms with E-state index in [4.69, 9.17) is 4.74 Å². The molecule has 0 radical (unpaired) electrons. The fourth-order valence-corrected chi connectivity index (χ4v) is 3.80. The first kappa shape index (κ1) is 18.0. The van der Waals surface area contributed by atoms with Gasteiger partial charge in [0.1, 0.15) is 5.75 Å². The molecule has 0 unspecified atom stereocenters. The Labute approximate surface area is 141 Å². The van der Waals surface area contributed by atoms with Gasteiger partial charge < -0.3 is 4.74 Å². The van der Waals surface area contributed by atoms with Crippen LogP contribution in [0.5, 0.6) is 5.75 Å². The third-order valence-electron chi connectivity index (χ3n) is 5.16. The number of para-hydroxylation sites is 1. The first-order valence-electron chi connectivity index (χ1n) is 9.51. The van der Waals surface area contributed by atoms with Crippen molar-refractivity contribution in [3.63, 3.8) is 0 Å². The summed E-state index contributed by atoms with van der Waals surface area (Å²) in [5.74, 6) is 2.31. The number of carbonyl (C=O) groups excluding carboxylic acids is 1. The van der Waals surface area contributed by atoms with Crippen LogP contribution in [-0.2, 0) is 0 Å². The summed E-state index contributed by atoms with van der Waals surface area (Å²) in [5, 5.41) is 0. The van der Waals surface area contributed by atoms with Crippen LogP contribution in [0.3, 0.4) is 0 Å². The Bertz CT molecular complexity index is 473. The van der Waals surface area contributed by atoms with Gasteiger partial charge in [-0.15, -0.1) is 0 Å². The Morgan fingerprint density at radius 2 is 1.87 bits per heavy atom. The normalized spacial score (nSPS) is 21.1. The fraction of sp³-hybridized carbons (Fsp3) is 0.667. The number of hydrogen-bond acceptors (Lipinski definition) is 2. The van der Waals surface area contributed by atoms with Gasteiger partial charge in [-0.05, 0) is 55.6 Å². The van der Waals surface area contributed by atoms with Crippen molar-refractivity contribution in [2.24, 2.45) is 5.92 Å². The number of hydrogen-bond donors (Lipinski definition) is 0. The maximum atomic E-state index is 11.3. The molecule has 23 heavy (non-hydrogen) atoms. The summed E-state index contributed by atoms with van der Waals surface area (Å²) in [4.78, 5) is 11.3. The van der Waals surface area contributed by atoms with Gasteiger partial charge in [0, 0.05) is 0 Å². The summed E-state index contributed by atoms with van der Waals surface area (Å²) in [6.45, 7) is 5.06. The zero-order valence-electron chi connectivity index (χ0n) is 14.9. The first-order valence-corrected chi connectivity index (χ1v) is 9.51. The number of rotatable bonds is 9. The summed E-state index contributed by atoms with van der Waals surface area (Å²) < 4.78 is 5.94. The topological polar surface area (TPSA) is 26.3 Å². The van der Waals surface area contributed by atoms with E-state index in [9.17, 15) is 4.79 Å². The van der Waals surface area contributed by atoms with Gasteiger partial charge in [0.2, 0.25) is 0 Å². The molecule has 2 rings (SSSR count). The molecule has 1 aliphatic carbocycles. The van der Waals surface area contributed by atoms with Crippen LogP contribution in [0.2, 0.25) is 0 Å². The lowest BCUT2D eigenvalue weighted by atomic mass is 9.76. The lowest BCUT2D eigenvalue weighted by Gasteiger charge is -2.30. The maximum absolute atomic E-state index is 11.3. The van der Waals surface area contributed by atoms with Gasteiger partial charge in [0.25, 0.3) is 0 Å². The van der Waals surface area contributed by atoms with E-state index in [-0.39, 0.29) is 0 Å². The number of unbranched alkanes of at least 4 members (excludes halogenated alkanes) is 2. The highest BCUT2D eigenvalue weighted by molar-refractivity contribution is 5.80. The van der Waals surface area contributed by atoms with Crippen molar-refractivity contribution in [3.8, 4) is 5.75 Å². The maximum Gasteiger partial charge on any atom is 0.153 e. The van der Waals surface area contributed by atoms with Gasteiger partial charge >= 0.3 is 0 Å². The molecule has 0 amide bonds. The van der Waals surface area contributed by atoms with E-state index in [1.165, 1.54) is 56.9 Å². The summed E-state index contributed by atoms with van der Waals surface area (Å²) >= 11 is 0. The summed E-state index contributed by atoms with van der Waals surface area (Å²) in [5.41, 5.74) is 1.97. The molecule has 0 N–H and O–H groups in total. The number of ether oxygens (including phenoxy) is 1. The predicted octanol–water partition coefficient (Wildman–Crippen LogP) is 6.14. The van der Waals surface area contributed by atoms with Crippen LogP contribution in [0.1, 0.15) is 93.5 Å². The fourth-order valence-electron chi connectivity index (χ4n) is 3.80. The standard InChI is InChI=1S/C21H32O2/c1-3-5-6-8-17-11-13-18(14-12-17)20-10-7-9-19(16-22)21(20)23-15-4-2/h7,9-10,16-18H,3-6,8,11-15H2,1-2H3. The molecule has 128 valence electrons. The van der Waals surface area contributed by atoms with E-state index in [1.807, 2.05) is 12.1 Å². The van der Waals surface area contributed by atoms with Crippen molar-refractivity contribution in [3.05, 3.63) is 29.3 Å². The van der Waals surface area contributed by atoms with Gasteiger partial charge in [-0.1, -0.05) is 51.7 Å². The largest absolute Gasteiger partial charge is 0.493 e. The Morgan fingerprint density at radius 1 is 1.09 bits per heavy atom. The Hall–Kier alpha value is -1.31. The minimum atomic E-state index is 0.559. The van der Waals surface area contributed by atoms with E-state index in [0.717, 1.165) is 24.4 Å². The van der Waals surface area contributed by atoms with E-state index < -0.39 is 0 Å². The molecule has 0 aliphatic heterocycles. The summed E-state index contributed by atoms with van der Waals surface area (Å²) in [6.07, 6.45) is 12.5. The number of aldehydes is 1. The Morgan fingerprint density at radius 3 is 2.52 bits per heavy atom. The highest BCUT2D eigenvalue weighted by Crippen LogP contribution is 2.41. The van der Waals surface area contributed by atoms with Gasteiger partial charge in [0.15, 0.2) is 6.29 Å². The first-order chi connectivity index (χ1) is 11.3. The zero-order valence-corrected chi connectivity index (χ0v) is 14.9. The number of benzene rings is 1. The minimum absolute atomic E-state index is 0.559. The molecule has 0 saturated heterocycles. The highest BCUT2D eigenvalue weighted by atomic mass is 16.5. The van der Waals surface area contributed by atoms with E-state index >= 15 is 0 Å². The third kappa shape index (κ3) is 5.09. The monoisotopic (exact) mass is 316 g/mol. The lowest BCUT2D eigenvalue weighted by molar-refractivity contribution is 0.111. The van der Waals surface area contributed by atoms with Crippen LogP contribution in [0.25, 0.3) is 0 Å². The molecule has 1 saturated carbocycles. The Kier molecular flexibility index (Phi) is 7.64. The third-order valence-corrected chi connectivity index (χ3v) is 5.16. The van der Waals surface area contributed by atoms with Crippen molar-refractivity contribution in [2.45, 2.75) is 77.6 Å². The second-order valence-electron chi connectivity index (χ2n) is 6.95. The van der Waals surface area contributed by atoms with Crippen molar-refractivity contribution in [1.82, 2.24) is 0 Å². The van der Waals surface area contributed by atoms with Gasteiger partial charge in [0.05, 0.1) is 12.2 Å². The minimum Gasteiger partial charge on any atom is -0.493 e. The van der Waals surface area contributed by atoms with Crippen LogP contribution in [0.4, 0.5) is 0 Å². The molecule has 0 atom stereocenters. The molecule has 0 aromatic heterocycles. The molecule has 1 aromatic rings. The average Bonchev–Trinajstić information content (AvgIpc) is 2.60. The second kappa shape index (κ2) is 9.75. The molecule has 2 nitrogen and oxygen atoms in total. The average molecular weight is 316 g/mol. The van der Waals surface area contributed by atoms with Gasteiger partial charge in [-0.2, -0.15) is 0 Å². The van der Waals surface area contributed by atoms with Crippen LogP contribution in [0.15, 0.2) is 18.2 Å². The molecular weight excluding hydrogens is 284 g/mol. The molecular formula is C21H32O2. The van der Waals surface area contributed by atoms with Crippen molar-refractivity contribution in [1.29, 1.82) is 0 Å². The smallest absolute Gasteiger partial charge is 0.153 e. The Balaban J connectivity index is 2.00. The van der Waals surface area contributed by atoms with Crippen LogP contribution in [-0.4, -0.2) is 12.9 Å².